The second-order valence-corrected chi connectivity index (χ2v) is 4.92. The zero-order valence-electron chi connectivity index (χ0n) is 11.6. The van der Waals surface area contributed by atoms with Gasteiger partial charge in [-0.1, -0.05) is 48.0 Å². The molecule has 0 spiro atoms. The molecule has 19 heavy (non-hydrogen) atoms. The number of hydrogen-bond donors (Lipinski definition) is 1. The number of carbonyl (C=O) groups is 1. The first kappa shape index (κ1) is 13.3. The Labute approximate surface area is 114 Å². The van der Waals surface area contributed by atoms with Crippen LogP contribution in [0.1, 0.15) is 40.0 Å². The maximum Gasteiger partial charge on any atom is 0.252 e. The van der Waals surface area contributed by atoms with Crippen LogP contribution in [0.25, 0.3) is 0 Å². The lowest BCUT2D eigenvalue weighted by molar-refractivity contribution is 0.0939. The molecule has 0 aliphatic heterocycles. The Morgan fingerprint density at radius 1 is 1.00 bits per heavy atom. The summed E-state index contributed by atoms with van der Waals surface area (Å²) in [6.07, 6.45) is 0. The van der Waals surface area contributed by atoms with Crippen molar-refractivity contribution in [1.29, 1.82) is 0 Å². The molecule has 0 saturated carbocycles. The average Bonchev–Trinajstić information content (AvgIpc) is 2.39. The minimum Gasteiger partial charge on any atom is -0.346 e. The van der Waals surface area contributed by atoms with Gasteiger partial charge in [-0.05, 0) is 38.0 Å². The van der Waals surface area contributed by atoms with E-state index in [9.17, 15) is 4.79 Å². The first-order valence-electron chi connectivity index (χ1n) is 6.51. The quantitative estimate of drug-likeness (QED) is 0.885. The van der Waals surface area contributed by atoms with Gasteiger partial charge in [0.05, 0.1) is 6.04 Å². The largest absolute Gasteiger partial charge is 0.346 e. The fourth-order valence-corrected chi connectivity index (χ4v) is 2.04. The van der Waals surface area contributed by atoms with E-state index < -0.39 is 0 Å². The maximum absolute atomic E-state index is 12.2. The molecule has 2 rings (SSSR count). The molecule has 1 amide bonds. The summed E-state index contributed by atoms with van der Waals surface area (Å²) in [6, 6.07) is 15.9. The van der Waals surface area contributed by atoms with Crippen molar-refractivity contribution < 1.29 is 4.79 Å². The zero-order chi connectivity index (χ0) is 13.8. The van der Waals surface area contributed by atoms with Gasteiger partial charge in [-0.25, -0.2) is 0 Å². The van der Waals surface area contributed by atoms with Crippen molar-refractivity contribution in [3.63, 3.8) is 0 Å². The number of benzene rings is 2. The van der Waals surface area contributed by atoms with Crippen LogP contribution < -0.4 is 5.32 Å². The SMILES string of the molecule is Cc1ccc(C(C)NC(=O)c2ccccc2C)cc1. The molecule has 0 aliphatic rings. The Bertz CT molecular complexity index is 572. The highest BCUT2D eigenvalue weighted by Crippen LogP contribution is 2.15. The molecule has 2 aromatic rings. The number of nitrogens with one attached hydrogen (secondary N) is 1. The van der Waals surface area contributed by atoms with Crippen molar-refractivity contribution >= 4 is 5.91 Å². The lowest BCUT2D eigenvalue weighted by Gasteiger charge is -2.15. The van der Waals surface area contributed by atoms with Gasteiger partial charge in [-0.15, -0.1) is 0 Å². The molecule has 1 N–H and O–H groups in total. The van der Waals surface area contributed by atoms with E-state index in [0.717, 1.165) is 16.7 Å². The van der Waals surface area contributed by atoms with E-state index in [1.807, 2.05) is 38.1 Å². The first-order valence-corrected chi connectivity index (χ1v) is 6.51. The first-order chi connectivity index (χ1) is 9.08. The van der Waals surface area contributed by atoms with E-state index in [1.54, 1.807) is 0 Å². The van der Waals surface area contributed by atoms with E-state index in [2.05, 4.69) is 36.5 Å². The van der Waals surface area contributed by atoms with Gasteiger partial charge < -0.3 is 5.32 Å². The van der Waals surface area contributed by atoms with Gasteiger partial charge in [0, 0.05) is 5.56 Å². The van der Waals surface area contributed by atoms with E-state index in [1.165, 1.54) is 5.56 Å². The molecule has 1 unspecified atom stereocenters. The predicted molar refractivity (Wildman–Crippen MR) is 78.2 cm³/mol. The molecule has 0 bridgehead atoms. The smallest absolute Gasteiger partial charge is 0.252 e. The van der Waals surface area contributed by atoms with Crippen molar-refractivity contribution in [2.45, 2.75) is 26.8 Å². The molecule has 0 fully saturated rings. The van der Waals surface area contributed by atoms with Crippen LogP contribution in [0.4, 0.5) is 0 Å². The van der Waals surface area contributed by atoms with Gasteiger partial charge in [0.2, 0.25) is 0 Å². The fraction of sp³-hybridized carbons (Fsp3) is 0.235. The highest BCUT2D eigenvalue weighted by molar-refractivity contribution is 5.95. The molecule has 0 radical (unpaired) electrons. The van der Waals surface area contributed by atoms with Gasteiger partial charge in [0.15, 0.2) is 0 Å². The van der Waals surface area contributed by atoms with Crippen LogP contribution in [0.5, 0.6) is 0 Å². The maximum atomic E-state index is 12.2. The van der Waals surface area contributed by atoms with Crippen molar-refractivity contribution in [1.82, 2.24) is 5.32 Å². The van der Waals surface area contributed by atoms with Crippen LogP contribution in [0.15, 0.2) is 48.5 Å². The zero-order valence-corrected chi connectivity index (χ0v) is 11.6. The van der Waals surface area contributed by atoms with Crippen LogP contribution in [0, 0.1) is 13.8 Å². The van der Waals surface area contributed by atoms with Crippen LogP contribution in [-0.4, -0.2) is 5.91 Å². The highest BCUT2D eigenvalue weighted by atomic mass is 16.1. The third-order valence-electron chi connectivity index (χ3n) is 3.31. The van der Waals surface area contributed by atoms with Crippen molar-refractivity contribution in [2.75, 3.05) is 0 Å². The lowest BCUT2D eigenvalue weighted by atomic mass is 10.0. The molecule has 98 valence electrons. The second kappa shape index (κ2) is 5.70. The summed E-state index contributed by atoms with van der Waals surface area (Å²) in [5.74, 6) is -0.0221. The highest BCUT2D eigenvalue weighted by Gasteiger charge is 2.12. The van der Waals surface area contributed by atoms with Gasteiger partial charge in [0.25, 0.3) is 5.91 Å². The van der Waals surface area contributed by atoms with E-state index in [-0.39, 0.29) is 11.9 Å². The molecular formula is C17H19NO. The van der Waals surface area contributed by atoms with Crippen molar-refractivity contribution in [3.8, 4) is 0 Å². The Hall–Kier alpha value is -2.09. The third-order valence-corrected chi connectivity index (χ3v) is 3.31. The van der Waals surface area contributed by atoms with Gasteiger partial charge in [0.1, 0.15) is 0 Å². The minimum absolute atomic E-state index is 0.00714. The van der Waals surface area contributed by atoms with Gasteiger partial charge >= 0.3 is 0 Å². The van der Waals surface area contributed by atoms with Crippen LogP contribution in [0.2, 0.25) is 0 Å². The molecular weight excluding hydrogens is 234 g/mol. The molecule has 2 heteroatoms. The number of hydrogen-bond acceptors (Lipinski definition) is 1. The summed E-state index contributed by atoms with van der Waals surface area (Å²) in [5.41, 5.74) is 4.08. The minimum atomic E-state index is -0.0221. The Morgan fingerprint density at radius 3 is 2.26 bits per heavy atom. The monoisotopic (exact) mass is 253 g/mol. The Balaban J connectivity index is 2.11. The summed E-state index contributed by atoms with van der Waals surface area (Å²) >= 11 is 0. The number of aryl methyl sites for hydroxylation is 2. The van der Waals surface area contributed by atoms with Crippen LogP contribution in [0.3, 0.4) is 0 Å². The summed E-state index contributed by atoms with van der Waals surface area (Å²) in [4.78, 5) is 12.2. The summed E-state index contributed by atoms with van der Waals surface area (Å²) < 4.78 is 0. The van der Waals surface area contributed by atoms with Crippen LogP contribution in [-0.2, 0) is 0 Å². The number of amides is 1. The van der Waals surface area contributed by atoms with Crippen molar-refractivity contribution in [3.05, 3.63) is 70.8 Å². The topological polar surface area (TPSA) is 29.1 Å². The standard InChI is InChI=1S/C17H19NO/c1-12-8-10-15(11-9-12)14(3)18-17(19)16-7-5-4-6-13(16)2/h4-11,14H,1-3H3,(H,18,19). The average molecular weight is 253 g/mol. The number of rotatable bonds is 3. The predicted octanol–water partition coefficient (Wildman–Crippen LogP) is 3.79. The molecule has 0 aromatic heterocycles. The molecule has 0 saturated heterocycles. The Kier molecular flexibility index (Phi) is 4.00. The summed E-state index contributed by atoms with van der Waals surface area (Å²) in [5, 5.41) is 3.03. The van der Waals surface area contributed by atoms with E-state index in [4.69, 9.17) is 0 Å². The van der Waals surface area contributed by atoms with Gasteiger partial charge in [-0.2, -0.15) is 0 Å². The third kappa shape index (κ3) is 3.22. The number of carbonyl (C=O) groups excluding carboxylic acids is 1. The lowest BCUT2D eigenvalue weighted by Crippen LogP contribution is -2.27. The molecule has 0 aliphatic carbocycles. The molecule has 0 heterocycles. The molecule has 1 atom stereocenters. The van der Waals surface area contributed by atoms with E-state index >= 15 is 0 Å². The molecule has 2 aromatic carbocycles. The second-order valence-electron chi connectivity index (χ2n) is 4.92. The van der Waals surface area contributed by atoms with Crippen molar-refractivity contribution in [2.24, 2.45) is 0 Å². The van der Waals surface area contributed by atoms with E-state index in [0.29, 0.717) is 0 Å². The normalized spacial score (nSPS) is 11.9. The van der Waals surface area contributed by atoms with Gasteiger partial charge in [-0.3, -0.25) is 4.79 Å². The Morgan fingerprint density at radius 2 is 1.63 bits per heavy atom. The summed E-state index contributed by atoms with van der Waals surface area (Å²) in [7, 11) is 0. The van der Waals surface area contributed by atoms with Crippen LogP contribution >= 0.6 is 0 Å². The fourth-order valence-electron chi connectivity index (χ4n) is 2.04. The summed E-state index contributed by atoms with van der Waals surface area (Å²) in [6.45, 7) is 6.01. The molecule has 2 nitrogen and oxygen atoms in total.